The van der Waals surface area contributed by atoms with Crippen molar-refractivity contribution in [3.05, 3.63) is 24.6 Å². The number of allylic oxidation sites excluding steroid dienone is 2. The van der Waals surface area contributed by atoms with E-state index in [1.54, 1.807) is 0 Å². The predicted molar refractivity (Wildman–Crippen MR) is 29.3 cm³/mol. The van der Waals surface area contributed by atoms with E-state index >= 15 is 0 Å². The van der Waals surface area contributed by atoms with E-state index in [0.29, 0.717) is 0 Å². The van der Waals surface area contributed by atoms with Crippen LogP contribution in [0.3, 0.4) is 0 Å². The maximum absolute atomic E-state index is 11.7. The van der Waals surface area contributed by atoms with Crippen molar-refractivity contribution in [3.63, 3.8) is 0 Å². The number of halogens is 3. The molecule has 0 saturated heterocycles. The smallest absolute Gasteiger partial charge is 0.299 e. The minimum absolute atomic E-state index is 0.0625. The van der Waals surface area contributed by atoms with Crippen molar-refractivity contribution >= 4 is 0 Å². The SMILES string of the molecule is FC(F)(F)N1C=CC=CN1. The van der Waals surface area contributed by atoms with Crippen LogP contribution in [0.2, 0.25) is 0 Å². The van der Waals surface area contributed by atoms with Crippen LogP contribution in [-0.4, -0.2) is 11.3 Å². The van der Waals surface area contributed by atoms with Gasteiger partial charge in [-0.1, -0.05) is 0 Å². The van der Waals surface area contributed by atoms with Crippen molar-refractivity contribution in [2.45, 2.75) is 6.30 Å². The summed E-state index contributed by atoms with van der Waals surface area (Å²) in [6, 6.07) is 0. The lowest BCUT2D eigenvalue weighted by Crippen LogP contribution is -2.42. The summed E-state index contributed by atoms with van der Waals surface area (Å²) in [6.07, 6.45) is 0.529. The van der Waals surface area contributed by atoms with E-state index in [1.165, 1.54) is 18.4 Å². The summed E-state index contributed by atoms with van der Waals surface area (Å²) in [6.45, 7) is 0. The summed E-state index contributed by atoms with van der Waals surface area (Å²) in [4.78, 5) is 0. The number of hydrogen-bond acceptors (Lipinski definition) is 2. The van der Waals surface area contributed by atoms with Crippen molar-refractivity contribution < 1.29 is 13.2 Å². The first-order chi connectivity index (χ1) is 4.61. The molecule has 56 valence electrons. The number of nitrogens with zero attached hydrogens (tertiary/aromatic N) is 1. The van der Waals surface area contributed by atoms with E-state index in [2.05, 4.69) is 0 Å². The van der Waals surface area contributed by atoms with Gasteiger partial charge in [-0.05, 0) is 12.2 Å². The van der Waals surface area contributed by atoms with E-state index < -0.39 is 6.30 Å². The fourth-order valence-corrected chi connectivity index (χ4v) is 0.515. The van der Waals surface area contributed by atoms with Gasteiger partial charge in [-0.15, -0.1) is 13.2 Å². The molecule has 1 N–H and O–H groups in total. The first-order valence-electron chi connectivity index (χ1n) is 2.56. The lowest BCUT2D eigenvalue weighted by Gasteiger charge is -2.23. The summed E-state index contributed by atoms with van der Waals surface area (Å²) >= 11 is 0. The second-order valence-corrected chi connectivity index (χ2v) is 1.67. The zero-order valence-electron chi connectivity index (χ0n) is 4.89. The molecule has 1 rings (SSSR count). The molecular weight excluding hydrogens is 145 g/mol. The average Bonchev–Trinajstić information content (AvgIpc) is 1.88. The third kappa shape index (κ3) is 1.43. The number of nitrogens with one attached hydrogen (secondary N) is 1. The summed E-state index contributed by atoms with van der Waals surface area (Å²) in [5.74, 6) is 0. The molecule has 0 aromatic carbocycles. The molecule has 0 amide bonds. The standard InChI is InChI=1S/C5H5F3N2/c6-5(7,8)10-4-2-1-3-9-10/h1-4,9H. The van der Waals surface area contributed by atoms with Gasteiger partial charge in [-0.3, -0.25) is 5.43 Å². The van der Waals surface area contributed by atoms with Gasteiger partial charge in [0.05, 0.1) is 0 Å². The van der Waals surface area contributed by atoms with Gasteiger partial charge in [-0.2, -0.15) is 0 Å². The normalized spacial score (nSPS) is 17.3. The van der Waals surface area contributed by atoms with Crippen LogP contribution < -0.4 is 5.43 Å². The Morgan fingerprint density at radius 3 is 2.20 bits per heavy atom. The lowest BCUT2D eigenvalue weighted by molar-refractivity contribution is -0.240. The summed E-state index contributed by atoms with van der Waals surface area (Å²) in [5, 5.41) is 0.0625. The molecule has 0 radical (unpaired) electrons. The number of alkyl halides is 3. The minimum Gasteiger partial charge on any atom is -0.299 e. The highest BCUT2D eigenvalue weighted by Crippen LogP contribution is 2.19. The minimum atomic E-state index is -4.35. The Morgan fingerprint density at radius 2 is 1.90 bits per heavy atom. The summed E-state index contributed by atoms with van der Waals surface area (Å²) < 4.78 is 35.2. The van der Waals surface area contributed by atoms with Gasteiger partial charge in [0.25, 0.3) is 0 Å². The molecule has 0 saturated carbocycles. The molecule has 10 heavy (non-hydrogen) atoms. The molecule has 2 nitrogen and oxygen atoms in total. The third-order valence-electron chi connectivity index (χ3n) is 0.929. The Kier molecular flexibility index (Phi) is 1.57. The number of hydrazine groups is 1. The fourth-order valence-electron chi connectivity index (χ4n) is 0.515. The van der Waals surface area contributed by atoms with Crippen LogP contribution in [0.15, 0.2) is 24.6 Å². The van der Waals surface area contributed by atoms with Gasteiger partial charge in [-0.25, -0.2) is 5.01 Å². The molecule has 0 fully saturated rings. The van der Waals surface area contributed by atoms with Crippen molar-refractivity contribution in [3.8, 4) is 0 Å². The first kappa shape index (κ1) is 6.98. The molecule has 1 aliphatic heterocycles. The van der Waals surface area contributed by atoms with Crippen LogP contribution in [-0.2, 0) is 0 Å². The van der Waals surface area contributed by atoms with E-state index in [9.17, 15) is 13.2 Å². The first-order valence-corrected chi connectivity index (χ1v) is 2.56. The van der Waals surface area contributed by atoms with Crippen LogP contribution in [0.5, 0.6) is 0 Å². The average molecular weight is 150 g/mol. The number of rotatable bonds is 0. The molecule has 5 heteroatoms. The molecule has 1 aliphatic rings. The largest absolute Gasteiger partial charge is 0.502 e. The quantitative estimate of drug-likeness (QED) is 0.524. The van der Waals surface area contributed by atoms with Gasteiger partial charge in [0, 0.05) is 12.4 Å². The molecule has 0 aromatic rings. The Morgan fingerprint density at radius 1 is 1.20 bits per heavy atom. The van der Waals surface area contributed by atoms with Crippen LogP contribution in [0.4, 0.5) is 13.2 Å². The molecular formula is C5H5F3N2. The maximum Gasteiger partial charge on any atom is 0.502 e. The van der Waals surface area contributed by atoms with Gasteiger partial charge in [0.15, 0.2) is 0 Å². The van der Waals surface area contributed by atoms with Gasteiger partial charge < -0.3 is 0 Å². The highest BCUT2D eigenvalue weighted by Gasteiger charge is 2.35. The van der Waals surface area contributed by atoms with E-state index in [4.69, 9.17) is 0 Å². The highest BCUT2D eigenvalue weighted by molar-refractivity contribution is 5.05. The van der Waals surface area contributed by atoms with Crippen molar-refractivity contribution in [2.24, 2.45) is 0 Å². The Labute approximate surface area is 55.6 Å². The van der Waals surface area contributed by atoms with E-state index in [1.807, 2.05) is 5.43 Å². The fraction of sp³-hybridized carbons (Fsp3) is 0.200. The molecule has 0 aromatic heterocycles. The molecule has 0 atom stereocenters. The van der Waals surface area contributed by atoms with Crippen molar-refractivity contribution in [2.75, 3.05) is 0 Å². The highest BCUT2D eigenvalue weighted by atomic mass is 19.4. The zero-order valence-corrected chi connectivity index (χ0v) is 4.89. The second-order valence-electron chi connectivity index (χ2n) is 1.67. The summed E-state index contributed by atoms with van der Waals surface area (Å²) in [5.41, 5.74) is 2.00. The van der Waals surface area contributed by atoms with Crippen molar-refractivity contribution in [1.82, 2.24) is 10.4 Å². The topological polar surface area (TPSA) is 15.3 Å². The second kappa shape index (κ2) is 2.24. The van der Waals surface area contributed by atoms with Crippen LogP contribution >= 0.6 is 0 Å². The molecule has 0 aliphatic carbocycles. The van der Waals surface area contributed by atoms with Crippen molar-refractivity contribution in [1.29, 1.82) is 0 Å². The molecule has 0 spiro atoms. The monoisotopic (exact) mass is 150 g/mol. The van der Waals surface area contributed by atoms with Crippen LogP contribution in [0, 0.1) is 0 Å². The lowest BCUT2D eigenvalue weighted by atomic mass is 10.5. The Hall–Kier alpha value is -1.13. The molecule has 0 unspecified atom stereocenters. The van der Waals surface area contributed by atoms with Gasteiger partial charge in [0.1, 0.15) is 0 Å². The van der Waals surface area contributed by atoms with Gasteiger partial charge in [0.2, 0.25) is 0 Å². The van der Waals surface area contributed by atoms with E-state index in [-0.39, 0.29) is 5.01 Å². The number of hydrogen-bond donors (Lipinski definition) is 1. The summed E-state index contributed by atoms with van der Waals surface area (Å²) in [7, 11) is 0. The zero-order chi connectivity index (χ0) is 7.61. The molecule has 1 heterocycles. The van der Waals surface area contributed by atoms with Crippen LogP contribution in [0.1, 0.15) is 0 Å². The predicted octanol–water partition coefficient (Wildman–Crippen LogP) is 1.35. The van der Waals surface area contributed by atoms with E-state index in [0.717, 1.165) is 6.20 Å². The molecule has 0 bridgehead atoms. The van der Waals surface area contributed by atoms with Crippen LogP contribution in [0.25, 0.3) is 0 Å². The van der Waals surface area contributed by atoms with Gasteiger partial charge >= 0.3 is 6.30 Å². The maximum atomic E-state index is 11.7. The third-order valence-corrected chi connectivity index (χ3v) is 0.929. The Bertz CT molecular complexity index is 170. The Balaban J connectivity index is 2.60.